The van der Waals surface area contributed by atoms with Gasteiger partial charge in [-0.2, -0.15) is 5.10 Å². The second-order valence-electron chi connectivity index (χ2n) is 6.41. The van der Waals surface area contributed by atoms with Gasteiger partial charge in [-0.1, -0.05) is 47.0 Å². The Kier molecular flexibility index (Phi) is 7.94. The van der Waals surface area contributed by atoms with E-state index in [2.05, 4.69) is 42.4 Å². The third kappa shape index (κ3) is 6.08. The van der Waals surface area contributed by atoms with Crippen LogP contribution in [-0.4, -0.2) is 12.1 Å². The summed E-state index contributed by atoms with van der Waals surface area (Å²) in [6.07, 6.45) is 1.56. The fourth-order valence-electron chi connectivity index (χ4n) is 2.60. The Morgan fingerprint density at radius 1 is 1.10 bits per heavy atom. The van der Waals surface area contributed by atoms with E-state index in [9.17, 15) is 4.79 Å². The van der Waals surface area contributed by atoms with Gasteiger partial charge in [0.25, 0.3) is 5.91 Å². The number of nitrogens with zero attached hydrogens (tertiary/aromatic N) is 1. The summed E-state index contributed by atoms with van der Waals surface area (Å²) >= 11 is 19.1. The van der Waals surface area contributed by atoms with E-state index in [-0.39, 0.29) is 12.5 Å². The highest BCUT2D eigenvalue weighted by atomic mass is 79.9. The largest absolute Gasteiger partial charge is 0.486 e. The van der Waals surface area contributed by atoms with Crippen molar-refractivity contribution in [3.8, 4) is 5.75 Å². The topological polar surface area (TPSA) is 50.7 Å². The van der Waals surface area contributed by atoms with E-state index in [1.165, 1.54) is 0 Å². The van der Waals surface area contributed by atoms with Crippen LogP contribution in [0, 0.1) is 6.92 Å². The molecule has 4 nitrogen and oxygen atoms in total. The van der Waals surface area contributed by atoms with Gasteiger partial charge in [-0.3, -0.25) is 4.79 Å². The van der Waals surface area contributed by atoms with Crippen molar-refractivity contribution in [3.63, 3.8) is 0 Å². The number of benzene rings is 3. The van der Waals surface area contributed by atoms with E-state index < -0.39 is 0 Å². The van der Waals surface area contributed by atoms with Gasteiger partial charge in [0.05, 0.1) is 15.2 Å². The molecule has 0 aromatic heterocycles. The second-order valence-corrected chi connectivity index (χ2v) is 8.96. The summed E-state index contributed by atoms with van der Waals surface area (Å²) in [4.78, 5) is 12.2. The van der Waals surface area contributed by atoms with E-state index in [4.69, 9.17) is 27.9 Å². The molecule has 0 fully saturated rings. The first kappa shape index (κ1) is 22.8. The fourth-order valence-corrected chi connectivity index (χ4v) is 4.51. The molecule has 3 aromatic carbocycles. The molecule has 3 aromatic rings. The zero-order valence-corrected chi connectivity index (χ0v) is 20.4. The number of aryl methyl sites for hydroxylation is 1. The van der Waals surface area contributed by atoms with Gasteiger partial charge in [0.2, 0.25) is 0 Å². The first-order chi connectivity index (χ1) is 14.3. The van der Waals surface area contributed by atoms with Crippen LogP contribution in [0.25, 0.3) is 0 Å². The molecule has 8 heteroatoms. The van der Waals surface area contributed by atoms with E-state index in [1.54, 1.807) is 30.5 Å². The molecule has 0 atom stereocenters. The molecule has 0 heterocycles. The molecule has 30 heavy (non-hydrogen) atoms. The number of halogens is 4. The molecule has 1 N–H and O–H groups in total. The van der Waals surface area contributed by atoms with E-state index in [0.717, 1.165) is 25.6 Å². The average molecular weight is 571 g/mol. The molecule has 0 bridgehead atoms. The van der Waals surface area contributed by atoms with Gasteiger partial charge in [-0.25, -0.2) is 5.43 Å². The molecule has 0 radical (unpaired) electrons. The number of carbonyl (C=O) groups is 1. The molecule has 154 valence electrons. The number of carbonyl (C=O) groups excluding carboxylic acids is 1. The molecule has 0 unspecified atom stereocenters. The highest BCUT2D eigenvalue weighted by molar-refractivity contribution is 9.11. The number of hydrogen-bond donors (Lipinski definition) is 1. The van der Waals surface area contributed by atoms with Crippen LogP contribution in [0.2, 0.25) is 10.0 Å². The van der Waals surface area contributed by atoms with Gasteiger partial charge in [0.1, 0.15) is 12.4 Å². The molecule has 1 amide bonds. The van der Waals surface area contributed by atoms with Gasteiger partial charge in [0, 0.05) is 21.2 Å². The highest BCUT2D eigenvalue weighted by Gasteiger charge is 2.11. The van der Waals surface area contributed by atoms with Crippen LogP contribution in [0.1, 0.15) is 27.0 Å². The average Bonchev–Trinajstić information content (AvgIpc) is 2.68. The highest BCUT2D eigenvalue weighted by Crippen LogP contribution is 2.35. The van der Waals surface area contributed by atoms with E-state index in [1.807, 2.05) is 37.3 Å². The summed E-state index contributed by atoms with van der Waals surface area (Å²) in [6, 6.07) is 16.2. The summed E-state index contributed by atoms with van der Waals surface area (Å²) in [7, 11) is 0. The van der Waals surface area contributed by atoms with E-state index >= 15 is 0 Å². The lowest BCUT2D eigenvalue weighted by molar-refractivity contribution is 0.0955. The van der Waals surface area contributed by atoms with Crippen LogP contribution in [0.3, 0.4) is 0 Å². The van der Waals surface area contributed by atoms with Crippen LogP contribution >= 0.6 is 55.1 Å². The number of hydrazone groups is 1. The molecular formula is C22H16Br2Cl2N2O2. The van der Waals surface area contributed by atoms with Crippen molar-refractivity contribution >= 4 is 67.2 Å². The standard InChI is InChI=1S/C22H16Br2Cl2N2O2/c1-13-3-2-4-15(7-13)22(29)28-27-11-14-8-18(23)21(19(24)9-14)30-12-16-5-6-17(25)10-20(16)26/h2-11H,12H2,1H3,(H,28,29)/b27-11-. The van der Waals surface area contributed by atoms with Crippen molar-refractivity contribution in [2.45, 2.75) is 13.5 Å². The minimum atomic E-state index is -0.270. The van der Waals surface area contributed by atoms with Crippen molar-refractivity contribution < 1.29 is 9.53 Å². The number of amides is 1. The lowest BCUT2D eigenvalue weighted by Crippen LogP contribution is -2.17. The molecule has 0 spiro atoms. The van der Waals surface area contributed by atoms with Crippen LogP contribution in [0.4, 0.5) is 0 Å². The Bertz CT molecular complexity index is 1100. The Labute approximate surface area is 201 Å². The van der Waals surface area contributed by atoms with Gasteiger partial charge in [0.15, 0.2) is 0 Å². The summed E-state index contributed by atoms with van der Waals surface area (Å²) in [5.74, 6) is 0.356. The third-order valence-corrected chi connectivity index (χ3v) is 5.83. The predicted molar refractivity (Wildman–Crippen MR) is 129 cm³/mol. The lowest BCUT2D eigenvalue weighted by atomic mass is 10.1. The summed E-state index contributed by atoms with van der Waals surface area (Å²) in [5, 5.41) is 5.15. The zero-order valence-electron chi connectivity index (χ0n) is 15.8. The summed E-state index contributed by atoms with van der Waals surface area (Å²) in [6.45, 7) is 2.22. The minimum absolute atomic E-state index is 0.270. The van der Waals surface area contributed by atoms with Crippen molar-refractivity contribution in [2.75, 3.05) is 0 Å². The number of nitrogens with one attached hydrogen (secondary N) is 1. The maximum Gasteiger partial charge on any atom is 0.271 e. The smallest absolute Gasteiger partial charge is 0.271 e. The second kappa shape index (κ2) is 10.4. The van der Waals surface area contributed by atoms with Crippen molar-refractivity contribution in [1.82, 2.24) is 5.43 Å². The lowest BCUT2D eigenvalue weighted by Gasteiger charge is -2.12. The normalized spacial score (nSPS) is 11.0. The maximum atomic E-state index is 12.2. The number of hydrogen-bond acceptors (Lipinski definition) is 3. The molecule has 0 aliphatic carbocycles. The van der Waals surface area contributed by atoms with Gasteiger partial charge < -0.3 is 4.74 Å². The monoisotopic (exact) mass is 568 g/mol. The van der Waals surface area contributed by atoms with Gasteiger partial charge >= 0.3 is 0 Å². The fraction of sp³-hybridized carbons (Fsp3) is 0.0909. The molecule has 3 rings (SSSR count). The molecule has 0 aliphatic rings. The molecule has 0 saturated heterocycles. The molecular weight excluding hydrogens is 555 g/mol. The summed E-state index contributed by atoms with van der Waals surface area (Å²) < 4.78 is 7.37. The first-order valence-corrected chi connectivity index (χ1v) is 11.1. The van der Waals surface area contributed by atoms with Gasteiger partial charge in [-0.05, 0) is 80.7 Å². The predicted octanol–water partition coefficient (Wildman–Crippen LogP) is 7.17. The van der Waals surface area contributed by atoms with E-state index in [0.29, 0.717) is 21.4 Å². The van der Waals surface area contributed by atoms with Crippen molar-refractivity contribution in [3.05, 3.63) is 95.8 Å². The van der Waals surface area contributed by atoms with Crippen LogP contribution in [0.15, 0.2) is 68.6 Å². The van der Waals surface area contributed by atoms with Crippen molar-refractivity contribution in [2.24, 2.45) is 5.10 Å². The number of rotatable bonds is 6. The SMILES string of the molecule is Cc1cccc(C(=O)N/N=C\c2cc(Br)c(OCc3ccc(Cl)cc3Cl)c(Br)c2)c1. The quantitative estimate of drug-likeness (QED) is 0.252. The number of ether oxygens (including phenoxy) is 1. The maximum absolute atomic E-state index is 12.2. The Hall–Kier alpha value is -1.86. The Balaban J connectivity index is 1.66. The Morgan fingerprint density at radius 2 is 1.83 bits per heavy atom. The first-order valence-electron chi connectivity index (χ1n) is 8.79. The van der Waals surface area contributed by atoms with Crippen LogP contribution in [0.5, 0.6) is 5.75 Å². The zero-order chi connectivity index (χ0) is 21.7. The van der Waals surface area contributed by atoms with Crippen LogP contribution in [-0.2, 0) is 6.61 Å². The van der Waals surface area contributed by atoms with Gasteiger partial charge in [-0.15, -0.1) is 0 Å². The molecule has 0 saturated carbocycles. The van der Waals surface area contributed by atoms with Crippen molar-refractivity contribution in [1.29, 1.82) is 0 Å². The summed E-state index contributed by atoms with van der Waals surface area (Å²) in [5.41, 5.74) is 5.69. The third-order valence-electron chi connectivity index (χ3n) is 4.07. The minimum Gasteiger partial charge on any atom is -0.486 e. The Morgan fingerprint density at radius 3 is 2.50 bits per heavy atom. The molecule has 0 aliphatic heterocycles. The van der Waals surface area contributed by atoms with Crippen LogP contribution < -0.4 is 10.2 Å².